The van der Waals surface area contributed by atoms with Gasteiger partial charge in [-0.3, -0.25) is 4.79 Å². The van der Waals surface area contributed by atoms with Crippen LogP contribution in [0.2, 0.25) is 0 Å². The molecular weight excluding hydrogens is 268 g/mol. The molecule has 0 radical (unpaired) electrons. The third kappa shape index (κ3) is 2.70. The first kappa shape index (κ1) is 15.0. The van der Waals surface area contributed by atoms with Crippen molar-refractivity contribution in [3.63, 3.8) is 0 Å². The van der Waals surface area contributed by atoms with E-state index in [1.165, 1.54) is 0 Å². The number of carbonyl (C=O) groups is 1. The first-order chi connectivity index (χ1) is 9.47. The van der Waals surface area contributed by atoms with Crippen molar-refractivity contribution >= 4 is 28.8 Å². The van der Waals surface area contributed by atoms with E-state index < -0.39 is 5.41 Å². The number of thiocarbonyl (C=S) groups is 1. The lowest BCUT2D eigenvalue weighted by molar-refractivity contribution is -0.123. The van der Waals surface area contributed by atoms with Crippen molar-refractivity contribution in [3.8, 4) is 0 Å². The molecule has 0 heterocycles. The van der Waals surface area contributed by atoms with E-state index >= 15 is 0 Å². The predicted molar refractivity (Wildman–Crippen MR) is 86.8 cm³/mol. The van der Waals surface area contributed by atoms with Crippen LogP contribution >= 0.6 is 12.2 Å². The van der Waals surface area contributed by atoms with Crippen molar-refractivity contribution < 1.29 is 4.79 Å². The Kier molecular flexibility index (Phi) is 4.43. The van der Waals surface area contributed by atoms with Crippen molar-refractivity contribution in [2.75, 3.05) is 5.32 Å². The number of benzene rings is 1. The lowest BCUT2D eigenvalue weighted by atomic mass is 9.73. The Bertz CT molecular complexity index is 513. The lowest BCUT2D eigenvalue weighted by Gasteiger charge is -2.35. The zero-order valence-electron chi connectivity index (χ0n) is 12.2. The predicted octanol–water partition coefficient (Wildman–Crippen LogP) is 3.48. The summed E-state index contributed by atoms with van der Waals surface area (Å²) in [5.41, 5.74) is 8.25. The average molecular weight is 290 g/mol. The number of anilines is 1. The van der Waals surface area contributed by atoms with Crippen LogP contribution in [0.3, 0.4) is 0 Å². The molecule has 0 atom stereocenters. The van der Waals surface area contributed by atoms with Crippen LogP contribution in [0.25, 0.3) is 0 Å². The van der Waals surface area contributed by atoms with Crippen molar-refractivity contribution in [2.24, 2.45) is 11.1 Å². The molecule has 1 fully saturated rings. The summed E-state index contributed by atoms with van der Waals surface area (Å²) in [6, 6.07) is 5.98. The maximum atomic E-state index is 12.8. The number of aryl methyl sites for hydroxylation is 2. The lowest BCUT2D eigenvalue weighted by Crippen LogP contribution is -2.47. The second-order valence-electron chi connectivity index (χ2n) is 5.73. The molecule has 1 aliphatic rings. The number of nitrogens with two attached hydrogens (primary N) is 1. The summed E-state index contributed by atoms with van der Waals surface area (Å²) >= 11 is 5.20. The summed E-state index contributed by atoms with van der Waals surface area (Å²) < 4.78 is 0. The number of carbonyl (C=O) groups excluding carboxylic acids is 1. The number of amides is 1. The van der Waals surface area contributed by atoms with E-state index in [2.05, 4.69) is 5.32 Å². The molecule has 3 N–H and O–H groups in total. The van der Waals surface area contributed by atoms with Crippen LogP contribution in [0, 0.1) is 19.3 Å². The van der Waals surface area contributed by atoms with Gasteiger partial charge in [0.25, 0.3) is 0 Å². The van der Waals surface area contributed by atoms with E-state index in [0.717, 1.165) is 48.9 Å². The first-order valence-corrected chi connectivity index (χ1v) is 7.56. The molecular formula is C16H22N2OS. The van der Waals surface area contributed by atoms with E-state index in [0.29, 0.717) is 4.99 Å². The maximum absolute atomic E-state index is 12.8. The number of hydrogen-bond acceptors (Lipinski definition) is 2. The van der Waals surface area contributed by atoms with Gasteiger partial charge in [-0.05, 0) is 37.8 Å². The maximum Gasteiger partial charge on any atom is 0.237 e. The Morgan fingerprint density at radius 2 is 1.75 bits per heavy atom. The van der Waals surface area contributed by atoms with E-state index in [4.69, 9.17) is 18.0 Å². The van der Waals surface area contributed by atoms with Gasteiger partial charge in [-0.2, -0.15) is 0 Å². The molecule has 1 aromatic carbocycles. The highest BCUT2D eigenvalue weighted by atomic mass is 32.1. The standard InChI is InChI=1S/C16H22N2OS/c1-11-7-6-8-12(2)13(11)18-15(19)16(14(17)20)9-4-3-5-10-16/h6-8H,3-5,9-10H2,1-2H3,(H2,17,20)(H,18,19). The van der Waals surface area contributed by atoms with Crippen LogP contribution in [-0.2, 0) is 4.79 Å². The zero-order chi connectivity index (χ0) is 14.8. The van der Waals surface area contributed by atoms with Crippen LogP contribution in [0.1, 0.15) is 43.2 Å². The normalized spacial score (nSPS) is 17.5. The SMILES string of the molecule is Cc1cccc(C)c1NC(=O)C1(C(N)=S)CCCCC1. The number of rotatable bonds is 3. The van der Waals surface area contributed by atoms with Gasteiger partial charge in [-0.25, -0.2) is 0 Å². The Balaban J connectivity index is 2.28. The van der Waals surface area contributed by atoms with Gasteiger partial charge in [0.2, 0.25) is 5.91 Å². The molecule has 0 spiro atoms. The van der Waals surface area contributed by atoms with Gasteiger partial charge in [-0.1, -0.05) is 49.7 Å². The fourth-order valence-electron chi connectivity index (χ4n) is 2.99. The summed E-state index contributed by atoms with van der Waals surface area (Å²) in [7, 11) is 0. The Labute approximate surface area is 125 Å². The molecule has 1 saturated carbocycles. The molecule has 20 heavy (non-hydrogen) atoms. The fourth-order valence-corrected chi connectivity index (χ4v) is 3.28. The summed E-state index contributed by atoms with van der Waals surface area (Å²) in [6.07, 6.45) is 4.70. The zero-order valence-corrected chi connectivity index (χ0v) is 13.0. The van der Waals surface area contributed by atoms with Crippen LogP contribution < -0.4 is 11.1 Å². The quantitative estimate of drug-likeness (QED) is 0.838. The third-order valence-electron chi connectivity index (χ3n) is 4.33. The Hall–Kier alpha value is -1.42. The van der Waals surface area contributed by atoms with E-state index in [9.17, 15) is 4.79 Å². The van der Waals surface area contributed by atoms with Gasteiger partial charge in [0.15, 0.2) is 0 Å². The second-order valence-corrected chi connectivity index (χ2v) is 6.17. The van der Waals surface area contributed by atoms with Gasteiger partial charge in [-0.15, -0.1) is 0 Å². The summed E-state index contributed by atoms with van der Waals surface area (Å²) in [6.45, 7) is 3.99. The monoisotopic (exact) mass is 290 g/mol. The van der Waals surface area contributed by atoms with Crippen molar-refractivity contribution in [1.29, 1.82) is 0 Å². The van der Waals surface area contributed by atoms with Gasteiger partial charge in [0.05, 0.1) is 10.4 Å². The smallest absolute Gasteiger partial charge is 0.237 e. The molecule has 0 saturated heterocycles. The molecule has 0 bridgehead atoms. The van der Waals surface area contributed by atoms with Gasteiger partial charge >= 0.3 is 0 Å². The van der Waals surface area contributed by atoms with Crippen molar-refractivity contribution in [2.45, 2.75) is 46.0 Å². The number of hydrogen-bond donors (Lipinski definition) is 2. The van der Waals surface area contributed by atoms with Gasteiger partial charge < -0.3 is 11.1 Å². The summed E-state index contributed by atoms with van der Waals surface area (Å²) in [5.74, 6) is -0.0397. The second kappa shape index (κ2) is 5.92. The van der Waals surface area contributed by atoms with E-state index in [1.54, 1.807) is 0 Å². The molecule has 4 heteroatoms. The van der Waals surface area contributed by atoms with Gasteiger partial charge in [0.1, 0.15) is 0 Å². The fraction of sp³-hybridized carbons (Fsp3) is 0.500. The van der Waals surface area contributed by atoms with Crippen LogP contribution in [0.5, 0.6) is 0 Å². The van der Waals surface area contributed by atoms with E-state index in [-0.39, 0.29) is 5.91 Å². The Morgan fingerprint density at radius 3 is 2.25 bits per heavy atom. The number of nitrogens with one attached hydrogen (secondary N) is 1. The summed E-state index contributed by atoms with van der Waals surface area (Å²) in [4.78, 5) is 13.1. The largest absolute Gasteiger partial charge is 0.392 e. The minimum Gasteiger partial charge on any atom is -0.392 e. The third-order valence-corrected chi connectivity index (χ3v) is 4.72. The highest BCUT2D eigenvalue weighted by Crippen LogP contribution is 2.38. The molecule has 108 valence electrons. The highest BCUT2D eigenvalue weighted by molar-refractivity contribution is 7.80. The van der Waals surface area contributed by atoms with Crippen LogP contribution in [0.4, 0.5) is 5.69 Å². The Morgan fingerprint density at radius 1 is 1.20 bits per heavy atom. The molecule has 1 aliphatic carbocycles. The minimum atomic E-state index is -0.664. The summed E-state index contributed by atoms with van der Waals surface area (Å²) in [5, 5.41) is 3.06. The average Bonchev–Trinajstić information content (AvgIpc) is 2.43. The van der Waals surface area contributed by atoms with Crippen molar-refractivity contribution in [3.05, 3.63) is 29.3 Å². The molecule has 1 amide bonds. The topological polar surface area (TPSA) is 55.1 Å². The van der Waals surface area contributed by atoms with Crippen LogP contribution in [-0.4, -0.2) is 10.9 Å². The highest BCUT2D eigenvalue weighted by Gasteiger charge is 2.42. The molecule has 0 aliphatic heterocycles. The van der Waals surface area contributed by atoms with Crippen molar-refractivity contribution in [1.82, 2.24) is 0 Å². The molecule has 0 unspecified atom stereocenters. The van der Waals surface area contributed by atoms with Crippen LogP contribution in [0.15, 0.2) is 18.2 Å². The minimum absolute atomic E-state index is 0.0397. The number of para-hydroxylation sites is 1. The molecule has 3 nitrogen and oxygen atoms in total. The van der Waals surface area contributed by atoms with E-state index in [1.807, 2.05) is 32.0 Å². The molecule has 1 aromatic rings. The first-order valence-electron chi connectivity index (χ1n) is 7.15. The van der Waals surface area contributed by atoms with Gasteiger partial charge in [0, 0.05) is 5.69 Å². The molecule has 2 rings (SSSR count). The molecule has 0 aromatic heterocycles.